The van der Waals surface area contributed by atoms with Crippen LogP contribution in [-0.2, 0) is 0 Å². The van der Waals surface area contributed by atoms with E-state index in [-0.39, 0.29) is 36.3 Å². The number of piperidine rings is 9. The summed E-state index contributed by atoms with van der Waals surface area (Å²) in [6, 6.07) is 31.3. The Bertz CT molecular complexity index is 3930. The molecule has 0 aliphatic carbocycles. The summed E-state index contributed by atoms with van der Waals surface area (Å²) in [5.74, 6) is 5.24. The summed E-state index contributed by atoms with van der Waals surface area (Å²) in [6.07, 6.45) is 25.1. The Morgan fingerprint density at radius 2 is 0.733 bits per heavy atom. The van der Waals surface area contributed by atoms with Crippen molar-refractivity contribution < 1.29 is 14.2 Å². The van der Waals surface area contributed by atoms with E-state index >= 15 is 0 Å². The van der Waals surface area contributed by atoms with Gasteiger partial charge in [0.1, 0.15) is 34.3 Å². The number of nitrogens with zero attached hydrogens (tertiary/aromatic N) is 15. The van der Waals surface area contributed by atoms with Crippen LogP contribution in [0.15, 0.2) is 166 Å². The van der Waals surface area contributed by atoms with Gasteiger partial charge in [0.25, 0.3) is 0 Å². The molecule has 456 valence electrons. The summed E-state index contributed by atoms with van der Waals surface area (Å²) in [5.41, 5.74) is 10.8. The van der Waals surface area contributed by atoms with Crippen molar-refractivity contribution in [1.29, 1.82) is 0 Å². The first kappa shape index (κ1) is 56.3. The highest BCUT2D eigenvalue weighted by atomic mass is 16.5. The number of rotatable bonds is 18. The maximum absolute atomic E-state index is 5.84. The first-order chi connectivity index (χ1) is 44.2. The number of aromatic nitrogens is 12. The van der Waals surface area contributed by atoms with Gasteiger partial charge in [-0.2, -0.15) is 0 Å². The number of benzene rings is 4. The molecule has 10 aromatic rings. The molecule has 15 heterocycles. The maximum atomic E-state index is 5.84. The van der Waals surface area contributed by atoms with Crippen LogP contribution in [0.5, 0.6) is 17.2 Å². The summed E-state index contributed by atoms with van der Waals surface area (Å²) in [5, 5.41) is 33.9. The van der Waals surface area contributed by atoms with Crippen molar-refractivity contribution in [1.82, 2.24) is 74.6 Å². The van der Waals surface area contributed by atoms with Crippen molar-refractivity contribution in [2.24, 2.45) is 35.5 Å². The lowest BCUT2D eigenvalue weighted by molar-refractivity contribution is -0.000131. The third-order valence-corrected chi connectivity index (χ3v) is 21.7. The molecule has 0 N–H and O–H groups in total. The monoisotopic (exact) mass is 1200 g/mol. The van der Waals surface area contributed by atoms with Gasteiger partial charge in [0.15, 0.2) is 0 Å². The van der Waals surface area contributed by atoms with Crippen molar-refractivity contribution in [2.45, 2.75) is 74.8 Å². The molecular formula is C72H75N15O3. The molecule has 0 amide bonds. The fourth-order valence-corrected chi connectivity index (χ4v) is 17.0. The predicted molar refractivity (Wildman–Crippen MR) is 348 cm³/mol. The summed E-state index contributed by atoms with van der Waals surface area (Å²) in [7, 11) is 5.15. The van der Waals surface area contributed by atoms with Crippen molar-refractivity contribution in [3.8, 4) is 51.0 Å². The summed E-state index contributed by atoms with van der Waals surface area (Å²) in [4.78, 5) is 22.5. The average Bonchev–Trinajstić information content (AvgIpc) is 1.37. The Hall–Kier alpha value is -8.97. The van der Waals surface area contributed by atoms with Gasteiger partial charge in [-0.25, -0.2) is 14.0 Å². The zero-order valence-electron chi connectivity index (χ0n) is 51.3. The summed E-state index contributed by atoms with van der Waals surface area (Å²) < 4.78 is 23.8. The minimum atomic E-state index is -0.192. The SMILES string of the molecule is C=C[C@H]1CN2CC[C@H]1C[C@H]2[C@H](c1ccnc2ccc(OC)cc12)n1cc(-c2cc(-c3cn([C@@H](c4ccnc5ccc(OC)cc45)[C@@H]4C[C@@H]5CCN4C[C@@H]5C=C)nn3)cc(-c3cn([C@@H](c4ccnc5ccc(OC)cc45)[C@@H]4C[C@@H]5CCN4C[C@@H]5C=C)nn3)c2)nn1. The summed E-state index contributed by atoms with van der Waals surface area (Å²) >= 11 is 0. The lowest BCUT2D eigenvalue weighted by Gasteiger charge is -2.51. The van der Waals surface area contributed by atoms with Gasteiger partial charge in [0.05, 0.1) is 74.6 Å². The van der Waals surface area contributed by atoms with Gasteiger partial charge in [-0.15, -0.1) is 35.0 Å². The lowest BCUT2D eigenvalue weighted by atomic mass is 9.73. The Kier molecular flexibility index (Phi) is 14.5. The van der Waals surface area contributed by atoms with Crippen LogP contribution >= 0.6 is 0 Å². The minimum Gasteiger partial charge on any atom is -0.497 e. The largest absolute Gasteiger partial charge is 0.497 e. The van der Waals surface area contributed by atoms with Crippen molar-refractivity contribution >= 4 is 32.7 Å². The molecule has 0 spiro atoms. The van der Waals surface area contributed by atoms with Crippen LogP contribution in [0.25, 0.3) is 66.5 Å². The Labute approximate surface area is 523 Å². The van der Waals surface area contributed by atoms with E-state index in [1.54, 1.807) is 21.3 Å². The van der Waals surface area contributed by atoms with E-state index < -0.39 is 0 Å². The Morgan fingerprint density at radius 3 is 1.00 bits per heavy atom. The zero-order valence-corrected chi connectivity index (χ0v) is 51.3. The molecule has 19 rings (SSSR count). The van der Waals surface area contributed by atoms with Crippen LogP contribution in [-0.4, -0.2) is 153 Å². The molecule has 9 aliphatic rings. The molecule has 6 aromatic heterocycles. The molecule has 9 saturated heterocycles. The van der Waals surface area contributed by atoms with E-state index in [2.05, 4.69) is 140 Å². The first-order valence-electron chi connectivity index (χ1n) is 32.0. The van der Waals surface area contributed by atoms with Gasteiger partial charge in [0, 0.05) is 89.2 Å². The van der Waals surface area contributed by atoms with Gasteiger partial charge in [0.2, 0.25) is 0 Å². The van der Waals surface area contributed by atoms with E-state index in [4.69, 9.17) is 60.1 Å². The Morgan fingerprint density at radius 1 is 0.422 bits per heavy atom. The maximum Gasteiger partial charge on any atom is 0.119 e. The molecule has 4 aromatic carbocycles. The van der Waals surface area contributed by atoms with E-state index in [0.717, 1.165) is 178 Å². The average molecular weight is 1200 g/mol. The second-order valence-corrected chi connectivity index (χ2v) is 26.0. The van der Waals surface area contributed by atoms with Crippen molar-refractivity contribution in [2.75, 3.05) is 60.6 Å². The van der Waals surface area contributed by atoms with E-state index in [0.29, 0.717) is 35.5 Å². The molecule has 18 nitrogen and oxygen atoms in total. The highest BCUT2D eigenvalue weighted by Gasteiger charge is 2.47. The molecule has 9 aliphatic heterocycles. The Balaban J connectivity index is 0.849. The van der Waals surface area contributed by atoms with Crippen LogP contribution in [0.1, 0.15) is 73.3 Å². The van der Waals surface area contributed by atoms with Gasteiger partial charge in [-0.05, 0) is 201 Å². The molecule has 90 heavy (non-hydrogen) atoms. The molecule has 0 saturated carbocycles. The second kappa shape index (κ2) is 23.1. The number of methoxy groups -OCH3 is 3. The van der Waals surface area contributed by atoms with Crippen LogP contribution < -0.4 is 14.2 Å². The number of pyridine rings is 3. The number of hydrogen-bond donors (Lipinski definition) is 0. The smallest absolute Gasteiger partial charge is 0.119 e. The second-order valence-electron chi connectivity index (χ2n) is 26.0. The van der Waals surface area contributed by atoms with Crippen LogP contribution in [0.3, 0.4) is 0 Å². The number of hydrogen-bond acceptors (Lipinski definition) is 15. The zero-order chi connectivity index (χ0) is 60.7. The first-order valence-corrected chi connectivity index (χ1v) is 32.0. The molecule has 9 fully saturated rings. The molecular weight excluding hydrogens is 1120 g/mol. The minimum absolute atomic E-state index is 0.146. The van der Waals surface area contributed by atoms with E-state index in [9.17, 15) is 0 Å². The van der Waals surface area contributed by atoms with Crippen LogP contribution in [0, 0.1) is 35.5 Å². The molecule has 15 atom stereocenters. The van der Waals surface area contributed by atoms with Crippen LogP contribution in [0.2, 0.25) is 0 Å². The fourth-order valence-electron chi connectivity index (χ4n) is 17.0. The van der Waals surface area contributed by atoms with Gasteiger partial charge in [-0.3, -0.25) is 29.7 Å². The normalized spacial score (nSPS) is 27.0. The van der Waals surface area contributed by atoms with Crippen molar-refractivity contribution in [3.05, 3.63) is 183 Å². The van der Waals surface area contributed by atoms with Gasteiger partial charge in [-0.1, -0.05) is 33.9 Å². The molecule has 18 heteroatoms. The van der Waals surface area contributed by atoms with E-state index in [1.807, 2.05) is 55.0 Å². The topological polar surface area (TPSA) is 168 Å². The lowest BCUT2D eigenvalue weighted by Crippen LogP contribution is -2.56. The molecule has 3 unspecified atom stereocenters. The fraction of sp³-hybridized carbons (Fsp3) is 0.375. The van der Waals surface area contributed by atoms with Gasteiger partial charge < -0.3 is 14.2 Å². The van der Waals surface area contributed by atoms with Crippen LogP contribution in [0.4, 0.5) is 0 Å². The predicted octanol–water partition coefficient (Wildman–Crippen LogP) is 11.6. The standard InChI is InChI=1S/C72H75N15O3/c1-7-43-37-82-25-19-46(43)31-67(82)70(55-16-22-73-61-13-10-52(88-4)34-58(55)61)85-40-64(76-79-85)49-28-50(65-41-86(80-77-65)71(68-32-47-20-26-83(68)38-44(47)8-2)56-17-23-74-62-14-11-53(89-5)35-59(56)62)30-51(29-49)66-42-87(81-78-66)72(69-33-48-21-27-84(69)39-45(48)9-3)57-18-24-75-63-15-12-54(90-6)36-60(57)63/h7-18,22-24,28-30,34-36,40-48,67-72H,1-3,19-21,25-27,31-33,37-39H2,4-6H3/t43-,44-,45-,46-,47-,48-,67-,68-,69-,70-,71-,72-/m0/s1. The van der Waals surface area contributed by atoms with Gasteiger partial charge >= 0.3 is 0 Å². The quantitative estimate of drug-likeness (QED) is 0.0744. The highest BCUT2D eigenvalue weighted by Crippen LogP contribution is 2.48. The summed E-state index contributed by atoms with van der Waals surface area (Å²) in [6.45, 7) is 18.7. The third kappa shape index (κ3) is 9.76. The molecule has 6 bridgehead atoms. The molecule has 0 radical (unpaired) electrons. The van der Waals surface area contributed by atoms with E-state index in [1.165, 1.54) is 0 Å². The van der Waals surface area contributed by atoms with Crippen molar-refractivity contribution in [3.63, 3.8) is 0 Å². The highest BCUT2D eigenvalue weighted by molar-refractivity contribution is 5.86. The number of ether oxygens (including phenoxy) is 3. The third-order valence-electron chi connectivity index (χ3n) is 21.7. The number of fused-ring (bicyclic) bond motifs is 12.